The van der Waals surface area contributed by atoms with Crippen LogP contribution in [0.15, 0.2) is 24.4 Å². The van der Waals surface area contributed by atoms with Gasteiger partial charge < -0.3 is 10.2 Å². The molecule has 4 rings (SSSR count). The summed E-state index contributed by atoms with van der Waals surface area (Å²) < 4.78 is 2.84. The van der Waals surface area contributed by atoms with Gasteiger partial charge in [0.15, 0.2) is 5.13 Å². The van der Waals surface area contributed by atoms with Crippen LogP contribution in [0.25, 0.3) is 10.2 Å². The van der Waals surface area contributed by atoms with Gasteiger partial charge in [-0.25, -0.2) is 4.98 Å². The van der Waals surface area contributed by atoms with Crippen molar-refractivity contribution in [1.29, 1.82) is 0 Å². The zero-order valence-corrected chi connectivity index (χ0v) is 16.1. The van der Waals surface area contributed by atoms with E-state index in [1.54, 1.807) is 35.3 Å². The lowest BCUT2D eigenvalue weighted by molar-refractivity contribution is 0.0923. The number of rotatable bonds is 3. The molecule has 0 radical (unpaired) electrons. The summed E-state index contributed by atoms with van der Waals surface area (Å²) >= 11 is 1.74. The average molecular weight is 369 g/mol. The molecule has 1 aromatic carbocycles. The topological polar surface area (TPSA) is 63.1 Å². The molecule has 0 spiro atoms. The Morgan fingerprint density at radius 1 is 1.35 bits per heavy atom. The predicted octanol–water partition coefficient (Wildman–Crippen LogP) is 3.05. The molecule has 1 aliphatic heterocycles. The lowest BCUT2D eigenvalue weighted by atomic mass is 10.1. The first-order valence-corrected chi connectivity index (χ1v) is 9.74. The highest BCUT2D eigenvalue weighted by Gasteiger charge is 2.25. The third-order valence-electron chi connectivity index (χ3n) is 4.90. The highest BCUT2D eigenvalue weighted by atomic mass is 32.1. The van der Waals surface area contributed by atoms with Crippen molar-refractivity contribution >= 4 is 32.6 Å². The highest BCUT2D eigenvalue weighted by Crippen LogP contribution is 2.32. The molecule has 1 amide bonds. The summed E-state index contributed by atoms with van der Waals surface area (Å²) in [7, 11) is 1.79. The number of aryl methyl sites for hydroxylation is 3. The Hall–Kier alpha value is -2.41. The van der Waals surface area contributed by atoms with Gasteiger partial charge in [0.25, 0.3) is 5.91 Å². The van der Waals surface area contributed by atoms with E-state index in [0.29, 0.717) is 5.69 Å². The first-order valence-electron chi connectivity index (χ1n) is 8.93. The lowest BCUT2D eigenvalue weighted by Gasteiger charge is -2.32. The Labute approximate surface area is 156 Å². The molecule has 0 bridgehead atoms. The smallest absolute Gasteiger partial charge is 0.269 e. The number of carbonyl (C=O) groups is 1. The molecule has 2 aromatic heterocycles. The minimum Gasteiger partial charge on any atom is -0.346 e. The number of carbonyl (C=O) groups excluding carboxylic acids is 1. The van der Waals surface area contributed by atoms with Crippen LogP contribution >= 0.6 is 11.3 Å². The number of nitrogens with zero attached hydrogens (tertiary/aromatic N) is 4. The summed E-state index contributed by atoms with van der Waals surface area (Å²) in [6.07, 6.45) is 3.68. The van der Waals surface area contributed by atoms with Crippen molar-refractivity contribution in [2.24, 2.45) is 7.05 Å². The molecule has 1 aliphatic rings. The molecule has 6 nitrogen and oxygen atoms in total. The van der Waals surface area contributed by atoms with Crippen LogP contribution in [0.1, 0.15) is 34.5 Å². The van der Waals surface area contributed by atoms with E-state index < -0.39 is 0 Å². The monoisotopic (exact) mass is 369 g/mol. The minimum atomic E-state index is -0.0624. The molecule has 1 N–H and O–H groups in total. The summed E-state index contributed by atoms with van der Waals surface area (Å²) in [4.78, 5) is 19.6. The number of fused-ring (bicyclic) bond motifs is 1. The normalized spacial score (nSPS) is 17.7. The van der Waals surface area contributed by atoms with Crippen molar-refractivity contribution < 1.29 is 4.79 Å². The maximum absolute atomic E-state index is 12.5. The molecular weight excluding hydrogens is 346 g/mol. The predicted molar refractivity (Wildman–Crippen MR) is 105 cm³/mol. The van der Waals surface area contributed by atoms with E-state index in [4.69, 9.17) is 4.98 Å². The number of thiazole rings is 1. The number of benzene rings is 1. The van der Waals surface area contributed by atoms with Gasteiger partial charge in [0.1, 0.15) is 5.69 Å². The van der Waals surface area contributed by atoms with E-state index in [0.717, 1.165) is 36.6 Å². The summed E-state index contributed by atoms with van der Waals surface area (Å²) in [5.41, 5.74) is 4.18. The van der Waals surface area contributed by atoms with Gasteiger partial charge in [0, 0.05) is 32.4 Å². The van der Waals surface area contributed by atoms with Crippen LogP contribution in [0, 0.1) is 13.8 Å². The summed E-state index contributed by atoms with van der Waals surface area (Å²) in [5, 5.41) is 8.27. The van der Waals surface area contributed by atoms with E-state index >= 15 is 0 Å². The van der Waals surface area contributed by atoms with E-state index in [9.17, 15) is 4.79 Å². The summed E-state index contributed by atoms with van der Waals surface area (Å²) in [5.74, 6) is -0.0624. The first kappa shape index (κ1) is 17.0. The molecule has 3 aromatic rings. The van der Waals surface area contributed by atoms with Gasteiger partial charge in [-0.15, -0.1) is 0 Å². The number of hydrogen-bond acceptors (Lipinski definition) is 5. The number of nitrogens with one attached hydrogen (secondary N) is 1. The van der Waals surface area contributed by atoms with Crippen molar-refractivity contribution in [3.05, 3.63) is 41.2 Å². The third-order valence-corrected chi connectivity index (χ3v) is 5.96. The van der Waals surface area contributed by atoms with E-state index in [1.807, 2.05) is 0 Å². The second kappa shape index (κ2) is 6.72. The zero-order chi connectivity index (χ0) is 18.3. The van der Waals surface area contributed by atoms with Crippen molar-refractivity contribution in [3.63, 3.8) is 0 Å². The molecule has 136 valence electrons. The Bertz CT molecular complexity index is 960. The fraction of sp³-hybridized carbons (Fsp3) is 0.421. The van der Waals surface area contributed by atoms with Crippen LogP contribution in [-0.4, -0.2) is 39.8 Å². The molecule has 0 saturated carbocycles. The second-order valence-electron chi connectivity index (χ2n) is 7.02. The van der Waals surface area contributed by atoms with Gasteiger partial charge in [-0.1, -0.05) is 17.4 Å². The largest absolute Gasteiger partial charge is 0.346 e. The van der Waals surface area contributed by atoms with Crippen LogP contribution in [0.5, 0.6) is 0 Å². The average Bonchev–Trinajstić information content (AvgIpc) is 3.21. The van der Waals surface area contributed by atoms with Crippen LogP contribution in [0.4, 0.5) is 5.13 Å². The quantitative estimate of drug-likeness (QED) is 0.771. The molecule has 3 heterocycles. The molecular formula is C19H23N5OS. The molecule has 1 unspecified atom stereocenters. The number of amides is 1. The number of aromatic nitrogens is 3. The van der Waals surface area contributed by atoms with Crippen LogP contribution in [-0.2, 0) is 7.05 Å². The van der Waals surface area contributed by atoms with Gasteiger partial charge in [-0.2, -0.15) is 5.10 Å². The SMILES string of the molecule is Cc1cc(C)c2nc(N3CCCC(NC(=O)c4ccnn4C)C3)sc2c1. The van der Waals surface area contributed by atoms with Gasteiger partial charge >= 0.3 is 0 Å². The lowest BCUT2D eigenvalue weighted by Crippen LogP contribution is -2.48. The van der Waals surface area contributed by atoms with Crippen LogP contribution < -0.4 is 10.2 Å². The van der Waals surface area contributed by atoms with Crippen molar-refractivity contribution in [2.45, 2.75) is 32.7 Å². The van der Waals surface area contributed by atoms with E-state index in [2.05, 4.69) is 41.3 Å². The molecule has 1 saturated heterocycles. The van der Waals surface area contributed by atoms with Crippen LogP contribution in [0.3, 0.4) is 0 Å². The van der Waals surface area contributed by atoms with Crippen molar-refractivity contribution in [1.82, 2.24) is 20.1 Å². The third kappa shape index (κ3) is 3.19. The number of piperidine rings is 1. The highest BCUT2D eigenvalue weighted by molar-refractivity contribution is 7.22. The number of anilines is 1. The standard InChI is InChI=1S/C19H23N5OS/c1-12-9-13(2)17-16(10-12)26-19(22-17)24-8-4-5-14(11-24)21-18(25)15-6-7-20-23(15)3/h6-7,9-10,14H,4-5,8,11H2,1-3H3,(H,21,25). The maximum atomic E-state index is 12.5. The van der Waals surface area contributed by atoms with Gasteiger partial charge in [0.05, 0.1) is 10.2 Å². The van der Waals surface area contributed by atoms with Gasteiger partial charge in [-0.05, 0) is 49.9 Å². The minimum absolute atomic E-state index is 0.0624. The Kier molecular flexibility index (Phi) is 4.40. The summed E-state index contributed by atoms with van der Waals surface area (Å²) in [6, 6.07) is 6.25. The molecule has 1 atom stereocenters. The van der Waals surface area contributed by atoms with Crippen molar-refractivity contribution in [2.75, 3.05) is 18.0 Å². The Morgan fingerprint density at radius 3 is 2.96 bits per heavy atom. The van der Waals surface area contributed by atoms with Gasteiger partial charge in [0.2, 0.25) is 0 Å². The van der Waals surface area contributed by atoms with E-state index in [1.165, 1.54) is 15.8 Å². The molecule has 0 aliphatic carbocycles. The zero-order valence-electron chi connectivity index (χ0n) is 15.3. The van der Waals surface area contributed by atoms with Crippen molar-refractivity contribution in [3.8, 4) is 0 Å². The summed E-state index contributed by atoms with van der Waals surface area (Å²) in [6.45, 7) is 6.01. The number of hydrogen-bond donors (Lipinski definition) is 1. The molecule has 1 fully saturated rings. The van der Waals surface area contributed by atoms with Crippen LogP contribution in [0.2, 0.25) is 0 Å². The fourth-order valence-corrected chi connectivity index (χ4v) is 4.80. The Balaban J connectivity index is 1.51. The molecule has 7 heteroatoms. The van der Waals surface area contributed by atoms with E-state index in [-0.39, 0.29) is 11.9 Å². The second-order valence-corrected chi connectivity index (χ2v) is 8.03. The first-order chi connectivity index (χ1) is 12.5. The Morgan fingerprint density at radius 2 is 2.19 bits per heavy atom. The fourth-order valence-electron chi connectivity index (χ4n) is 3.62. The molecule has 26 heavy (non-hydrogen) atoms. The maximum Gasteiger partial charge on any atom is 0.269 e. The van der Waals surface area contributed by atoms with Gasteiger partial charge in [-0.3, -0.25) is 9.48 Å².